The molecule has 1 aliphatic rings. The molecule has 0 fully saturated rings. The lowest BCUT2D eigenvalue weighted by atomic mass is 10.0. The van der Waals surface area contributed by atoms with Gasteiger partial charge >= 0.3 is 0 Å². The van der Waals surface area contributed by atoms with Crippen molar-refractivity contribution < 1.29 is 4.39 Å². The van der Waals surface area contributed by atoms with Gasteiger partial charge in [-0.25, -0.2) is 4.39 Å². The van der Waals surface area contributed by atoms with E-state index in [1.807, 2.05) is 19.1 Å². The average Bonchev–Trinajstić information content (AvgIpc) is 2.70. The molecule has 1 atom stereocenters. The summed E-state index contributed by atoms with van der Waals surface area (Å²) in [6.45, 7) is 3.58. The first-order chi connectivity index (χ1) is 10.1. The molecule has 110 valence electrons. The minimum atomic E-state index is -0.171. The van der Waals surface area contributed by atoms with Crippen LogP contribution in [0.1, 0.15) is 29.7 Å². The number of nitrogens with zero attached hydrogens (tertiary/aromatic N) is 1. The third kappa shape index (κ3) is 2.93. The Balaban J connectivity index is 1.83. The summed E-state index contributed by atoms with van der Waals surface area (Å²) in [5, 5.41) is 0. The Morgan fingerprint density at radius 2 is 1.67 bits per heavy atom. The third-order valence-electron chi connectivity index (χ3n) is 4.26. The fourth-order valence-corrected chi connectivity index (χ4v) is 2.97. The van der Waals surface area contributed by atoms with Crippen LogP contribution in [0.2, 0.25) is 0 Å². The molecule has 2 aromatic carbocycles. The predicted molar refractivity (Wildman–Crippen MR) is 85.1 cm³/mol. The second-order valence-electron chi connectivity index (χ2n) is 5.76. The van der Waals surface area contributed by atoms with Crippen LogP contribution in [0.4, 0.5) is 10.1 Å². The highest BCUT2D eigenvalue weighted by atomic mass is 19.1. The van der Waals surface area contributed by atoms with Gasteiger partial charge in [0.2, 0.25) is 0 Å². The van der Waals surface area contributed by atoms with Crippen LogP contribution >= 0.6 is 0 Å². The summed E-state index contributed by atoms with van der Waals surface area (Å²) in [7, 11) is 0. The Morgan fingerprint density at radius 1 is 1.05 bits per heavy atom. The molecule has 3 heteroatoms. The van der Waals surface area contributed by atoms with E-state index in [9.17, 15) is 4.39 Å². The van der Waals surface area contributed by atoms with Gasteiger partial charge in [-0.15, -0.1) is 0 Å². The molecule has 0 unspecified atom stereocenters. The minimum Gasteiger partial charge on any atom is -0.369 e. The standard InChI is InChI=1S/C18H21FN2/c1-13(20)16-6-7-18(17(19)12-16)21-10-8-14-4-2-3-5-15(14)9-11-21/h2-7,12-13H,8-11,20H2,1H3/t13-/m0/s1. The highest BCUT2D eigenvalue weighted by Gasteiger charge is 2.17. The number of hydrogen-bond acceptors (Lipinski definition) is 2. The van der Waals surface area contributed by atoms with Gasteiger partial charge in [-0.2, -0.15) is 0 Å². The predicted octanol–water partition coefficient (Wildman–Crippen LogP) is 3.45. The van der Waals surface area contributed by atoms with Crippen molar-refractivity contribution in [2.75, 3.05) is 18.0 Å². The molecule has 1 aliphatic heterocycles. The number of anilines is 1. The van der Waals surface area contributed by atoms with Gasteiger partial charge in [0, 0.05) is 19.1 Å². The molecule has 3 rings (SSSR count). The lowest BCUT2D eigenvalue weighted by molar-refractivity contribution is 0.612. The summed E-state index contributed by atoms with van der Waals surface area (Å²) in [6.07, 6.45) is 1.93. The first-order valence-electron chi connectivity index (χ1n) is 7.52. The van der Waals surface area contributed by atoms with Crippen molar-refractivity contribution >= 4 is 5.69 Å². The van der Waals surface area contributed by atoms with Crippen molar-refractivity contribution in [2.24, 2.45) is 5.73 Å². The van der Waals surface area contributed by atoms with E-state index in [2.05, 4.69) is 29.2 Å². The number of halogens is 1. The van der Waals surface area contributed by atoms with Gasteiger partial charge in [0.05, 0.1) is 5.69 Å². The van der Waals surface area contributed by atoms with E-state index < -0.39 is 0 Å². The topological polar surface area (TPSA) is 29.3 Å². The molecule has 1 heterocycles. The van der Waals surface area contributed by atoms with Crippen molar-refractivity contribution in [1.82, 2.24) is 0 Å². The van der Waals surface area contributed by atoms with Gasteiger partial charge in [-0.1, -0.05) is 30.3 Å². The Morgan fingerprint density at radius 3 is 2.19 bits per heavy atom. The summed E-state index contributed by atoms with van der Waals surface area (Å²) >= 11 is 0. The van der Waals surface area contributed by atoms with Crippen LogP contribution in [0.5, 0.6) is 0 Å². The maximum Gasteiger partial charge on any atom is 0.146 e. The van der Waals surface area contributed by atoms with Gasteiger partial charge in [0.15, 0.2) is 0 Å². The fourth-order valence-electron chi connectivity index (χ4n) is 2.97. The first kappa shape index (κ1) is 14.1. The molecule has 2 aromatic rings. The molecule has 21 heavy (non-hydrogen) atoms. The summed E-state index contributed by atoms with van der Waals surface area (Å²) < 4.78 is 14.4. The van der Waals surface area contributed by atoms with Crippen molar-refractivity contribution in [2.45, 2.75) is 25.8 Å². The van der Waals surface area contributed by atoms with Crippen molar-refractivity contribution in [3.05, 3.63) is 65.0 Å². The van der Waals surface area contributed by atoms with Crippen LogP contribution in [-0.4, -0.2) is 13.1 Å². The quantitative estimate of drug-likeness (QED) is 0.915. The summed E-state index contributed by atoms with van der Waals surface area (Å²) in [5.74, 6) is -0.171. The summed E-state index contributed by atoms with van der Waals surface area (Å²) in [5.41, 5.74) is 10.1. The summed E-state index contributed by atoms with van der Waals surface area (Å²) in [6, 6.07) is 13.7. The Hall–Kier alpha value is -1.87. The van der Waals surface area contributed by atoms with Crippen LogP contribution in [0.3, 0.4) is 0 Å². The number of fused-ring (bicyclic) bond motifs is 1. The maximum atomic E-state index is 14.4. The van der Waals surface area contributed by atoms with Gasteiger partial charge in [0.25, 0.3) is 0 Å². The van der Waals surface area contributed by atoms with Crippen LogP contribution in [0.25, 0.3) is 0 Å². The van der Waals surface area contributed by atoms with Gasteiger partial charge in [0.1, 0.15) is 5.82 Å². The number of rotatable bonds is 2. The van der Waals surface area contributed by atoms with E-state index in [0.29, 0.717) is 5.69 Å². The molecule has 0 spiro atoms. The van der Waals surface area contributed by atoms with Crippen molar-refractivity contribution in [3.63, 3.8) is 0 Å². The normalized spacial score (nSPS) is 16.2. The van der Waals surface area contributed by atoms with E-state index >= 15 is 0 Å². The van der Waals surface area contributed by atoms with E-state index in [-0.39, 0.29) is 11.9 Å². The Kier molecular flexibility index (Phi) is 3.93. The minimum absolute atomic E-state index is 0.137. The monoisotopic (exact) mass is 284 g/mol. The lowest BCUT2D eigenvalue weighted by Crippen LogP contribution is -2.27. The molecule has 0 amide bonds. The van der Waals surface area contributed by atoms with Crippen LogP contribution < -0.4 is 10.6 Å². The third-order valence-corrected chi connectivity index (χ3v) is 4.26. The second kappa shape index (κ2) is 5.86. The molecule has 0 bridgehead atoms. The second-order valence-corrected chi connectivity index (χ2v) is 5.76. The molecule has 2 N–H and O–H groups in total. The molecule has 0 saturated carbocycles. The molecule has 2 nitrogen and oxygen atoms in total. The molecule has 0 aromatic heterocycles. The molecule has 0 aliphatic carbocycles. The molecule has 0 radical (unpaired) electrons. The summed E-state index contributed by atoms with van der Waals surface area (Å²) in [4.78, 5) is 2.14. The Labute approximate surface area is 125 Å². The van der Waals surface area contributed by atoms with Crippen LogP contribution in [0, 0.1) is 5.82 Å². The fraction of sp³-hybridized carbons (Fsp3) is 0.333. The molecule has 0 saturated heterocycles. The zero-order chi connectivity index (χ0) is 14.8. The maximum absolute atomic E-state index is 14.4. The van der Waals surface area contributed by atoms with Crippen molar-refractivity contribution in [3.8, 4) is 0 Å². The van der Waals surface area contributed by atoms with Gasteiger partial charge in [-0.3, -0.25) is 0 Å². The van der Waals surface area contributed by atoms with Gasteiger partial charge < -0.3 is 10.6 Å². The lowest BCUT2D eigenvalue weighted by Gasteiger charge is -2.23. The van der Waals surface area contributed by atoms with E-state index in [1.165, 1.54) is 11.1 Å². The highest BCUT2D eigenvalue weighted by Crippen LogP contribution is 2.25. The van der Waals surface area contributed by atoms with E-state index in [1.54, 1.807) is 6.07 Å². The van der Waals surface area contributed by atoms with Crippen LogP contribution in [-0.2, 0) is 12.8 Å². The zero-order valence-electron chi connectivity index (χ0n) is 12.3. The highest BCUT2D eigenvalue weighted by molar-refractivity contribution is 5.50. The average molecular weight is 284 g/mol. The Bertz CT molecular complexity index is 610. The zero-order valence-corrected chi connectivity index (χ0v) is 12.3. The molecular weight excluding hydrogens is 263 g/mol. The van der Waals surface area contributed by atoms with Crippen LogP contribution in [0.15, 0.2) is 42.5 Å². The smallest absolute Gasteiger partial charge is 0.146 e. The van der Waals surface area contributed by atoms with Crippen molar-refractivity contribution in [1.29, 1.82) is 0 Å². The van der Waals surface area contributed by atoms with E-state index in [0.717, 1.165) is 31.5 Å². The van der Waals surface area contributed by atoms with E-state index in [4.69, 9.17) is 5.73 Å². The van der Waals surface area contributed by atoms with Gasteiger partial charge in [-0.05, 0) is 48.6 Å². The number of hydrogen-bond donors (Lipinski definition) is 1. The molecular formula is C18H21FN2. The largest absolute Gasteiger partial charge is 0.369 e. The first-order valence-corrected chi connectivity index (χ1v) is 7.52. The SMILES string of the molecule is C[C@H](N)c1ccc(N2CCc3ccccc3CC2)c(F)c1. The number of benzene rings is 2. The number of nitrogens with two attached hydrogens (primary N) is 1.